The highest BCUT2D eigenvalue weighted by molar-refractivity contribution is 5.76. The van der Waals surface area contributed by atoms with E-state index in [1.54, 1.807) is 11.1 Å². The van der Waals surface area contributed by atoms with Crippen LogP contribution < -0.4 is 0 Å². The van der Waals surface area contributed by atoms with Crippen LogP contribution in [0.4, 0.5) is 0 Å². The Labute approximate surface area is 116 Å². The van der Waals surface area contributed by atoms with Gasteiger partial charge in [-0.2, -0.15) is 0 Å². The van der Waals surface area contributed by atoms with Crippen LogP contribution in [0.25, 0.3) is 0 Å². The normalized spacial score (nSPS) is 38.2. The van der Waals surface area contributed by atoms with Gasteiger partial charge in [-0.25, -0.2) is 0 Å². The zero-order valence-corrected chi connectivity index (χ0v) is 12.4. The molecular weight excluding hydrogens is 236 g/mol. The van der Waals surface area contributed by atoms with Crippen molar-refractivity contribution in [1.82, 2.24) is 0 Å². The van der Waals surface area contributed by atoms with Gasteiger partial charge in [0.05, 0.1) is 5.92 Å². The minimum Gasteiger partial charge on any atom is -0.462 e. The number of cyclic esters (lactones) is 1. The van der Waals surface area contributed by atoms with Crippen LogP contribution in [0.15, 0.2) is 11.1 Å². The Bertz CT molecular complexity index is 407. The van der Waals surface area contributed by atoms with Crippen LogP contribution in [0.1, 0.15) is 59.3 Å². The zero-order chi connectivity index (χ0) is 13.6. The molecule has 1 heterocycles. The van der Waals surface area contributed by atoms with Crippen molar-refractivity contribution in [3.05, 3.63) is 11.1 Å². The molecule has 2 nitrogen and oxygen atoms in total. The molecule has 1 fully saturated rings. The fourth-order valence-electron chi connectivity index (χ4n) is 4.64. The van der Waals surface area contributed by atoms with Crippen molar-refractivity contribution < 1.29 is 9.53 Å². The summed E-state index contributed by atoms with van der Waals surface area (Å²) in [5.74, 6) is 1.99. The summed E-state index contributed by atoms with van der Waals surface area (Å²) in [6, 6.07) is 0. The van der Waals surface area contributed by atoms with E-state index in [1.165, 1.54) is 32.1 Å². The summed E-state index contributed by atoms with van der Waals surface area (Å²) >= 11 is 0. The number of esters is 1. The minimum absolute atomic E-state index is 0.0726. The van der Waals surface area contributed by atoms with Crippen LogP contribution >= 0.6 is 0 Å². The Balaban J connectivity index is 1.96. The van der Waals surface area contributed by atoms with Crippen molar-refractivity contribution in [1.29, 1.82) is 0 Å². The Kier molecular flexibility index (Phi) is 3.44. The zero-order valence-electron chi connectivity index (χ0n) is 12.4. The minimum atomic E-state index is 0.0726. The number of hydrogen-bond acceptors (Lipinski definition) is 2. The molecule has 0 saturated carbocycles. The number of fused-ring (bicyclic) bond motifs is 1. The topological polar surface area (TPSA) is 26.3 Å². The molecule has 0 radical (unpaired) electrons. The summed E-state index contributed by atoms with van der Waals surface area (Å²) in [6.07, 6.45) is 7.50. The molecule has 0 unspecified atom stereocenters. The summed E-state index contributed by atoms with van der Waals surface area (Å²) in [5, 5.41) is 0. The molecule has 106 valence electrons. The van der Waals surface area contributed by atoms with Crippen molar-refractivity contribution in [2.24, 2.45) is 23.7 Å². The lowest BCUT2D eigenvalue weighted by atomic mass is 9.63. The molecule has 2 aliphatic carbocycles. The molecule has 1 saturated heterocycles. The summed E-state index contributed by atoms with van der Waals surface area (Å²) in [7, 11) is 0. The monoisotopic (exact) mass is 262 g/mol. The van der Waals surface area contributed by atoms with Crippen LogP contribution in [0, 0.1) is 23.7 Å². The first-order valence-corrected chi connectivity index (χ1v) is 7.99. The molecule has 0 amide bonds. The Morgan fingerprint density at radius 2 is 2.00 bits per heavy atom. The van der Waals surface area contributed by atoms with E-state index in [-0.39, 0.29) is 18.0 Å². The number of carbonyl (C=O) groups excluding carboxylic acids is 1. The molecular formula is C17H26O2. The van der Waals surface area contributed by atoms with E-state index in [0.717, 1.165) is 6.42 Å². The van der Waals surface area contributed by atoms with E-state index in [0.29, 0.717) is 17.8 Å². The van der Waals surface area contributed by atoms with Crippen molar-refractivity contribution >= 4 is 5.97 Å². The van der Waals surface area contributed by atoms with Crippen LogP contribution in [0.3, 0.4) is 0 Å². The summed E-state index contributed by atoms with van der Waals surface area (Å²) in [5.41, 5.74) is 3.33. The smallest absolute Gasteiger partial charge is 0.309 e. The van der Waals surface area contributed by atoms with Crippen LogP contribution in [0.2, 0.25) is 0 Å². The number of rotatable bonds is 2. The highest BCUT2D eigenvalue weighted by Gasteiger charge is 2.50. The largest absolute Gasteiger partial charge is 0.462 e. The third kappa shape index (κ3) is 2.23. The van der Waals surface area contributed by atoms with Crippen molar-refractivity contribution in [3.8, 4) is 0 Å². The average molecular weight is 262 g/mol. The van der Waals surface area contributed by atoms with Gasteiger partial charge in [0.1, 0.15) is 6.10 Å². The van der Waals surface area contributed by atoms with Gasteiger partial charge >= 0.3 is 5.97 Å². The molecule has 0 spiro atoms. The van der Waals surface area contributed by atoms with Crippen molar-refractivity contribution in [2.45, 2.75) is 65.4 Å². The second kappa shape index (κ2) is 4.96. The molecule has 19 heavy (non-hydrogen) atoms. The van der Waals surface area contributed by atoms with Gasteiger partial charge in [0.25, 0.3) is 0 Å². The Morgan fingerprint density at radius 3 is 2.74 bits per heavy atom. The van der Waals surface area contributed by atoms with Gasteiger partial charge in [0, 0.05) is 5.92 Å². The average Bonchev–Trinajstić information content (AvgIpc) is 2.64. The fraction of sp³-hybridized carbons (Fsp3) is 0.824. The fourth-order valence-corrected chi connectivity index (χ4v) is 4.64. The van der Waals surface area contributed by atoms with E-state index in [9.17, 15) is 4.79 Å². The first-order valence-electron chi connectivity index (χ1n) is 7.99. The van der Waals surface area contributed by atoms with Gasteiger partial charge in [-0.3, -0.25) is 4.79 Å². The maximum absolute atomic E-state index is 12.1. The van der Waals surface area contributed by atoms with Gasteiger partial charge in [-0.05, 0) is 57.3 Å². The van der Waals surface area contributed by atoms with E-state index in [1.807, 2.05) is 0 Å². The van der Waals surface area contributed by atoms with E-state index < -0.39 is 0 Å². The standard InChI is InChI=1S/C17H26O2/c1-10(2)8-14-13-7-5-4-6-12(13)9-15-16(14)11(3)19-17(15)18/h10-11,14-16H,4-9H2,1-3H3/t11-,14-,15+,16-/m1/s1. The van der Waals surface area contributed by atoms with Gasteiger partial charge < -0.3 is 4.74 Å². The predicted octanol–water partition coefficient (Wildman–Crippen LogP) is 4.10. The number of carbonyl (C=O) groups is 1. The van der Waals surface area contributed by atoms with E-state index in [2.05, 4.69) is 20.8 Å². The molecule has 3 rings (SSSR count). The van der Waals surface area contributed by atoms with Gasteiger partial charge in [-0.15, -0.1) is 0 Å². The predicted molar refractivity (Wildman–Crippen MR) is 75.6 cm³/mol. The molecule has 4 atom stereocenters. The summed E-state index contributed by atoms with van der Waals surface area (Å²) in [4.78, 5) is 12.1. The van der Waals surface area contributed by atoms with E-state index in [4.69, 9.17) is 4.74 Å². The molecule has 0 aromatic heterocycles. The van der Waals surface area contributed by atoms with Gasteiger partial charge in [0.2, 0.25) is 0 Å². The van der Waals surface area contributed by atoms with Gasteiger partial charge in [-0.1, -0.05) is 25.0 Å². The first-order chi connectivity index (χ1) is 9.08. The molecule has 0 bridgehead atoms. The second-order valence-electron chi connectivity index (χ2n) is 7.10. The summed E-state index contributed by atoms with van der Waals surface area (Å²) in [6.45, 7) is 6.70. The molecule has 2 heteroatoms. The third-order valence-corrected chi connectivity index (χ3v) is 5.34. The maximum atomic E-state index is 12.1. The second-order valence-corrected chi connectivity index (χ2v) is 7.10. The number of allylic oxidation sites excluding steroid dienone is 2. The maximum Gasteiger partial charge on any atom is 0.309 e. The quantitative estimate of drug-likeness (QED) is 0.553. The van der Waals surface area contributed by atoms with Crippen LogP contribution in [-0.2, 0) is 9.53 Å². The SMILES string of the molecule is CC(C)C[C@@H]1C2=C(CCCC2)C[C@@H]2C(=O)O[C@H](C)[C@@H]21. The number of ether oxygens (including phenoxy) is 1. The first kappa shape index (κ1) is 13.2. The Morgan fingerprint density at radius 1 is 1.26 bits per heavy atom. The lowest BCUT2D eigenvalue weighted by molar-refractivity contribution is -0.143. The highest BCUT2D eigenvalue weighted by Crippen LogP contribution is 2.51. The van der Waals surface area contributed by atoms with Crippen LogP contribution in [0.5, 0.6) is 0 Å². The molecule has 0 aromatic carbocycles. The van der Waals surface area contributed by atoms with E-state index >= 15 is 0 Å². The molecule has 0 N–H and O–H groups in total. The molecule has 3 aliphatic rings. The lowest BCUT2D eigenvalue weighted by Gasteiger charge is -2.40. The summed E-state index contributed by atoms with van der Waals surface area (Å²) < 4.78 is 5.56. The van der Waals surface area contributed by atoms with Crippen molar-refractivity contribution in [2.75, 3.05) is 0 Å². The Hall–Kier alpha value is -0.790. The van der Waals surface area contributed by atoms with Crippen molar-refractivity contribution in [3.63, 3.8) is 0 Å². The number of hydrogen-bond donors (Lipinski definition) is 0. The molecule has 0 aromatic rings. The van der Waals surface area contributed by atoms with Gasteiger partial charge in [0.15, 0.2) is 0 Å². The highest BCUT2D eigenvalue weighted by atomic mass is 16.6. The lowest BCUT2D eigenvalue weighted by Crippen LogP contribution is -2.35. The third-order valence-electron chi connectivity index (χ3n) is 5.34. The van der Waals surface area contributed by atoms with Crippen LogP contribution in [-0.4, -0.2) is 12.1 Å². The molecule has 1 aliphatic heterocycles.